The zero-order chi connectivity index (χ0) is 18.4. The van der Waals surface area contributed by atoms with Crippen molar-refractivity contribution in [3.63, 3.8) is 0 Å². The molecule has 0 amide bonds. The fraction of sp³-hybridized carbons (Fsp3) is 0.0870. The van der Waals surface area contributed by atoms with E-state index in [-0.39, 0.29) is 0 Å². The molecule has 3 rings (SSSR count). The molecule has 0 heterocycles. The van der Waals surface area contributed by atoms with Crippen LogP contribution in [0.1, 0.15) is 11.1 Å². The van der Waals surface area contributed by atoms with Gasteiger partial charge in [0, 0.05) is 6.08 Å². The second-order valence-electron chi connectivity index (χ2n) is 5.70. The lowest BCUT2D eigenvalue weighted by Gasteiger charge is -2.12. The highest BCUT2D eigenvalue weighted by Gasteiger charge is 2.10. The molecule has 0 aliphatic carbocycles. The molecule has 3 aromatic rings. The van der Waals surface area contributed by atoms with Crippen molar-refractivity contribution in [3.05, 3.63) is 90.0 Å². The fourth-order valence-corrected chi connectivity index (χ4v) is 2.87. The van der Waals surface area contributed by atoms with Gasteiger partial charge in [-0.25, -0.2) is 0 Å². The van der Waals surface area contributed by atoms with E-state index in [1.165, 1.54) is 0 Å². The van der Waals surface area contributed by atoms with Gasteiger partial charge in [-0.3, -0.25) is 0 Å². The minimum absolute atomic E-state index is 0.634. The van der Waals surface area contributed by atoms with Crippen LogP contribution in [0.2, 0.25) is 0 Å². The molecular formula is C23H19NO2. The van der Waals surface area contributed by atoms with Gasteiger partial charge in [-0.05, 0) is 40.0 Å². The Labute approximate surface area is 153 Å². The number of hydrogen-bond acceptors (Lipinski definition) is 3. The molecular weight excluding hydrogens is 322 g/mol. The molecule has 0 bridgehead atoms. The van der Waals surface area contributed by atoms with Crippen molar-refractivity contribution in [1.82, 2.24) is 0 Å². The zero-order valence-corrected chi connectivity index (χ0v) is 14.8. The highest BCUT2D eigenvalue weighted by Crippen LogP contribution is 2.33. The Morgan fingerprint density at radius 3 is 2.00 bits per heavy atom. The molecule has 0 aromatic heterocycles. The Hall–Kier alpha value is -3.51. The SMILES string of the molecule is COc1ccc(C(=CC#N)c2ccc(-c3ccccc3)cc2)cc1OC. The Kier molecular flexibility index (Phi) is 5.36. The van der Waals surface area contributed by atoms with Gasteiger partial charge in [-0.2, -0.15) is 5.26 Å². The van der Waals surface area contributed by atoms with Crippen LogP contribution < -0.4 is 9.47 Å². The molecule has 0 atom stereocenters. The maximum atomic E-state index is 9.24. The van der Waals surface area contributed by atoms with Gasteiger partial charge in [-0.15, -0.1) is 0 Å². The van der Waals surface area contributed by atoms with E-state index >= 15 is 0 Å². The molecule has 0 fully saturated rings. The highest BCUT2D eigenvalue weighted by molar-refractivity contribution is 5.83. The van der Waals surface area contributed by atoms with Crippen molar-refractivity contribution in [3.8, 4) is 28.7 Å². The third-order valence-corrected chi connectivity index (χ3v) is 4.21. The molecule has 0 unspecified atom stereocenters. The van der Waals surface area contributed by atoms with Crippen molar-refractivity contribution in [2.75, 3.05) is 14.2 Å². The van der Waals surface area contributed by atoms with Crippen LogP contribution in [0.5, 0.6) is 11.5 Å². The summed E-state index contributed by atoms with van der Waals surface area (Å²) in [6, 6.07) is 26.2. The highest BCUT2D eigenvalue weighted by atomic mass is 16.5. The van der Waals surface area contributed by atoms with E-state index in [1.807, 2.05) is 48.5 Å². The second-order valence-corrected chi connectivity index (χ2v) is 5.70. The molecule has 3 nitrogen and oxygen atoms in total. The van der Waals surface area contributed by atoms with E-state index in [2.05, 4.69) is 30.3 Å². The van der Waals surface area contributed by atoms with E-state index in [4.69, 9.17) is 9.47 Å². The fourth-order valence-electron chi connectivity index (χ4n) is 2.87. The number of benzene rings is 3. The molecule has 26 heavy (non-hydrogen) atoms. The van der Waals surface area contributed by atoms with Crippen LogP contribution in [0.3, 0.4) is 0 Å². The van der Waals surface area contributed by atoms with Crippen LogP contribution >= 0.6 is 0 Å². The van der Waals surface area contributed by atoms with Gasteiger partial charge in [-0.1, -0.05) is 60.7 Å². The molecule has 128 valence electrons. The van der Waals surface area contributed by atoms with E-state index < -0.39 is 0 Å². The number of hydrogen-bond donors (Lipinski definition) is 0. The van der Waals surface area contributed by atoms with Gasteiger partial charge in [0.05, 0.1) is 20.3 Å². The van der Waals surface area contributed by atoms with E-state index in [0.29, 0.717) is 11.5 Å². The van der Waals surface area contributed by atoms with Crippen molar-refractivity contribution in [2.45, 2.75) is 0 Å². The standard InChI is InChI=1S/C23H19NO2/c1-25-22-13-12-20(16-23(22)26-2)21(14-15-24)19-10-8-18(9-11-19)17-6-4-3-5-7-17/h3-14,16H,1-2H3. The quantitative estimate of drug-likeness (QED) is 0.589. The molecule has 0 aliphatic heterocycles. The average molecular weight is 341 g/mol. The third-order valence-electron chi connectivity index (χ3n) is 4.21. The summed E-state index contributed by atoms with van der Waals surface area (Å²) < 4.78 is 10.7. The number of allylic oxidation sites excluding steroid dienone is 1. The topological polar surface area (TPSA) is 42.2 Å². The summed E-state index contributed by atoms with van der Waals surface area (Å²) in [5.74, 6) is 1.29. The van der Waals surface area contributed by atoms with Crippen LogP contribution in [-0.4, -0.2) is 14.2 Å². The largest absolute Gasteiger partial charge is 0.493 e. The van der Waals surface area contributed by atoms with Crippen LogP contribution in [0.15, 0.2) is 78.9 Å². The molecule has 3 aromatic carbocycles. The average Bonchev–Trinajstić information content (AvgIpc) is 2.72. The summed E-state index contributed by atoms with van der Waals surface area (Å²) >= 11 is 0. The monoisotopic (exact) mass is 341 g/mol. The Morgan fingerprint density at radius 1 is 0.769 bits per heavy atom. The normalized spacial score (nSPS) is 10.9. The van der Waals surface area contributed by atoms with Gasteiger partial charge in [0.2, 0.25) is 0 Å². The van der Waals surface area contributed by atoms with Gasteiger partial charge >= 0.3 is 0 Å². The lowest BCUT2D eigenvalue weighted by molar-refractivity contribution is 0.355. The summed E-state index contributed by atoms with van der Waals surface area (Å²) in [6.45, 7) is 0. The first-order chi connectivity index (χ1) is 12.8. The predicted molar refractivity (Wildman–Crippen MR) is 104 cm³/mol. The number of methoxy groups -OCH3 is 2. The maximum absolute atomic E-state index is 9.24. The minimum atomic E-state index is 0.634. The van der Waals surface area contributed by atoms with Gasteiger partial charge in [0.15, 0.2) is 11.5 Å². The van der Waals surface area contributed by atoms with E-state index in [1.54, 1.807) is 20.3 Å². The maximum Gasteiger partial charge on any atom is 0.161 e. The Bertz CT molecular complexity index is 952. The predicted octanol–water partition coefficient (Wildman–Crippen LogP) is 5.33. The zero-order valence-electron chi connectivity index (χ0n) is 14.8. The van der Waals surface area contributed by atoms with Crippen LogP contribution in [0.25, 0.3) is 16.7 Å². The first-order valence-electron chi connectivity index (χ1n) is 8.25. The first kappa shape index (κ1) is 17.3. The Balaban J connectivity index is 1.99. The van der Waals surface area contributed by atoms with Crippen molar-refractivity contribution < 1.29 is 9.47 Å². The summed E-state index contributed by atoms with van der Waals surface area (Å²) in [4.78, 5) is 0. The molecule has 0 radical (unpaired) electrons. The van der Waals surface area contributed by atoms with Crippen LogP contribution in [0.4, 0.5) is 0 Å². The second kappa shape index (κ2) is 8.04. The van der Waals surface area contributed by atoms with Gasteiger partial charge in [0.25, 0.3) is 0 Å². The van der Waals surface area contributed by atoms with Crippen molar-refractivity contribution >= 4 is 5.57 Å². The van der Waals surface area contributed by atoms with E-state index in [9.17, 15) is 5.26 Å². The number of ether oxygens (including phenoxy) is 2. The van der Waals surface area contributed by atoms with Crippen LogP contribution in [-0.2, 0) is 0 Å². The molecule has 0 aliphatic rings. The van der Waals surface area contributed by atoms with Crippen molar-refractivity contribution in [1.29, 1.82) is 5.26 Å². The summed E-state index contributed by atoms with van der Waals surface area (Å²) in [5.41, 5.74) is 5.01. The van der Waals surface area contributed by atoms with Crippen molar-refractivity contribution in [2.24, 2.45) is 0 Å². The number of nitrogens with zero attached hydrogens (tertiary/aromatic N) is 1. The molecule has 0 N–H and O–H groups in total. The number of rotatable bonds is 5. The summed E-state index contributed by atoms with van der Waals surface area (Å²) in [6.07, 6.45) is 1.55. The summed E-state index contributed by atoms with van der Waals surface area (Å²) in [7, 11) is 3.20. The molecule has 0 saturated carbocycles. The first-order valence-corrected chi connectivity index (χ1v) is 8.25. The van der Waals surface area contributed by atoms with E-state index in [0.717, 1.165) is 27.8 Å². The lowest BCUT2D eigenvalue weighted by atomic mass is 9.95. The lowest BCUT2D eigenvalue weighted by Crippen LogP contribution is -1.94. The van der Waals surface area contributed by atoms with Gasteiger partial charge in [0.1, 0.15) is 0 Å². The molecule has 3 heteroatoms. The number of nitriles is 1. The molecule has 0 spiro atoms. The van der Waals surface area contributed by atoms with Gasteiger partial charge < -0.3 is 9.47 Å². The summed E-state index contributed by atoms with van der Waals surface area (Å²) in [5, 5.41) is 9.24. The molecule has 0 saturated heterocycles. The smallest absolute Gasteiger partial charge is 0.161 e. The Morgan fingerprint density at radius 2 is 1.38 bits per heavy atom. The van der Waals surface area contributed by atoms with Crippen LogP contribution in [0, 0.1) is 11.3 Å². The third kappa shape index (κ3) is 3.60. The minimum Gasteiger partial charge on any atom is -0.493 e.